The summed E-state index contributed by atoms with van der Waals surface area (Å²) in [5, 5.41) is 0. The van der Waals surface area contributed by atoms with Crippen LogP contribution in [0.3, 0.4) is 0 Å². The zero-order valence-corrected chi connectivity index (χ0v) is 5.84. The second kappa shape index (κ2) is 4.52. The zero-order valence-electron chi connectivity index (χ0n) is 4.95. The van der Waals surface area contributed by atoms with Gasteiger partial charge >= 0.3 is 0 Å². The highest BCUT2D eigenvalue weighted by Crippen LogP contribution is 2.32. The number of rotatable bonds is 3. The third kappa shape index (κ3) is 6.36. The fourth-order valence-corrected chi connectivity index (χ4v) is 1.13. The van der Waals surface area contributed by atoms with E-state index in [0.29, 0.717) is 0 Å². The average molecular weight is 122 g/mol. The first-order valence-corrected chi connectivity index (χ1v) is 4.50. The van der Waals surface area contributed by atoms with E-state index in [1.807, 2.05) is 0 Å². The van der Waals surface area contributed by atoms with Crippen LogP contribution in [0.25, 0.3) is 0 Å². The molecule has 1 atom stereocenters. The molecule has 0 radical (unpaired) electrons. The van der Waals surface area contributed by atoms with Gasteiger partial charge in [-0.05, 0) is 19.2 Å². The molecule has 0 saturated heterocycles. The van der Waals surface area contributed by atoms with Gasteiger partial charge in [0.2, 0.25) is 0 Å². The second-order valence-corrected chi connectivity index (χ2v) is 3.34. The summed E-state index contributed by atoms with van der Waals surface area (Å²) in [6, 6.07) is 0. The lowest BCUT2D eigenvalue weighted by Gasteiger charge is -1.94. The van der Waals surface area contributed by atoms with E-state index in [9.17, 15) is 4.20 Å². The highest BCUT2D eigenvalue weighted by molar-refractivity contribution is 7.51. The van der Waals surface area contributed by atoms with Crippen LogP contribution in [0.4, 0.5) is 4.20 Å². The third-order valence-corrected chi connectivity index (χ3v) is 1.75. The number of hydrogen-bond donors (Lipinski definition) is 0. The number of halogens is 1. The van der Waals surface area contributed by atoms with E-state index in [2.05, 4.69) is 6.92 Å². The maximum Gasteiger partial charge on any atom is 0.0781 e. The van der Waals surface area contributed by atoms with Crippen molar-refractivity contribution in [3.8, 4) is 0 Å². The first-order valence-electron chi connectivity index (χ1n) is 2.64. The number of hydrogen-bond acceptors (Lipinski definition) is 0. The normalized spacial score (nSPS) is 14.1. The summed E-state index contributed by atoms with van der Waals surface area (Å²) in [6.07, 6.45) is 2.97. The van der Waals surface area contributed by atoms with Crippen molar-refractivity contribution in [1.29, 1.82) is 0 Å². The van der Waals surface area contributed by atoms with E-state index in [-0.39, 0.29) is 0 Å². The molecule has 0 fully saturated rings. The smallest absolute Gasteiger partial charge is 0.0781 e. The Kier molecular flexibility index (Phi) is 4.75. The van der Waals surface area contributed by atoms with Gasteiger partial charge in [0, 0.05) is 0 Å². The Bertz CT molecular complexity index is 37.1. The molecule has 0 aromatic heterocycles. The van der Waals surface area contributed by atoms with Crippen molar-refractivity contribution in [3.05, 3.63) is 0 Å². The molecule has 0 aliphatic carbocycles. The lowest BCUT2D eigenvalue weighted by atomic mass is 10.4. The minimum Gasteiger partial charge on any atom is -0.227 e. The van der Waals surface area contributed by atoms with Gasteiger partial charge in [-0.1, -0.05) is 13.3 Å². The van der Waals surface area contributed by atoms with Gasteiger partial charge in [0.25, 0.3) is 0 Å². The fourth-order valence-electron chi connectivity index (χ4n) is 0.376. The predicted octanol–water partition coefficient (Wildman–Crippen LogP) is 2.78. The largest absolute Gasteiger partial charge is 0.227 e. The van der Waals surface area contributed by atoms with Crippen molar-refractivity contribution >= 4 is 8.23 Å². The van der Waals surface area contributed by atoms with E-state index in [1.54, 1.807) is 6.66 Å². The van der Waals surface area contributed by atoms with Crippen LogP contribution in [-0.4, -0.2) is 12.8 Å². The molecule has 7 heavy (non-hydrogen) atoms. The molecule has 0 aromatic rings. The lowest BCUT2D eigenvalue weighted by Crippen LogP contribution is -1.74. The molecule has 1 unspecified atom stereocenters. The van der Waals surface area contributed by atoms with Gasteiger partial charge < -0.3 is 0 Å². The Morgan fingerprint density at radius 2 is 2.14 bits per heavy atom. The molecule has 0 nitrogen and oxygen atoms in total. The van der Waals surface area contributed by atoms with E-state index in [0.717, 1.165) is 19.0 Å². The summed E-state index contributed by atoms with van der Waals surface area (Å²) in [7, 11) is -1.11. The van der Waals surface area contributed by atoms with Gasteiger partial charge in [0.1, 0.15) is 0 Å². The quantitative estimate of drug-likeness (QED) is 0.505. The van der Waals surface area contributed by atoms with Crippen molar-refractivity contribution in [2.75, 3.05) is 12.8 Å². The molecule has 0 saturated carbocycles. The molecule has 0 aliphatic rings. The van der Waals surface area contributed by atoms with E-state index in [4.69, 9.17) is 0 Å². The molecular weight excluding hydrogens is 110 g/mol. The molecule has 0 amide bonds. The van der Waals surface area contributed by atoms with Crippen LogP contribution in [0.2, 0.25) is 0 Å². The monoisotopic (exact) mass is 122 g/mol. The average Bonchev–Trinajstić information content (AvgIpc) is 1.61. The van der Waals surface area contributed by atoms with Crippen LogP contribution >= 0.6 is 8.23 Å². The summed E-state index contributed by atoms with van der Waals surface area (Å²) in [5.74, 6) is 0. The third-order valence-electron chi connectivity index (χ3n) is 0.820. The summed E-state index contributed by atoms with van der Waals surface area (Å²) in [5.41, 5.74) is 0. The highest BCUT2D eigenvalue weighted by atomic mass is 31.2. The summed E-state index contributed by atoms with van der Waals surface area (Å²) >= 11 is 0. The fraction of sp³-hybridized carbons (Fsp3) is 1.00. The van der Waals surface area contributed by atoms with Crippen LogP contribution in [0, 0.1) is 0 Å². The maximum absolute atomic E-state index is 12.0. The Balaban J connectivity index is 2.68. The van der Waals surface area contributed by atoms with Gasteiger partial charge in [0.05, 0.1) is 8.23 Å². The first kappa shape index (κ1) is 7.36. The SMILES string of the molecule is CCCCP(C)F. The van der Waals surface area contributed by atoms with Crippen LogP contribution in [0.1, 0.15) is 19.8 Å². The van der Waals surface area contributed by atoms with Crippen molar-refractivity contribution in [1.82, 2.24) is 0 Å². The first-order chi connectivity index (χ1) is 3.27. The van der Waals surface area contributed by atoms with Crippen molar-refractivity contribution in [3.63, 3.8) is 0 Å². The topological polar surface area (TPSA) is 0 Å². The Hall–Kier alpha value is 0.360. The van der Waals surface area contributed by atoms with E-state index in [1.165, 1.54) is 0 Å². The molecule has 0 spiro atoms. The minimum absolute atomic E-state index is 0.797. The van der Waals surface area contributed by atoms with Crippen LogP contribution in [0.5, 0.6) is 0 Å². The summed E-state index contributed by atoms with van der Waals surface area (Å²) < 4.78 is 12.0. The van der Waals surface area contributed by atoms with Gasteiger partial charge in [-0.25, -0.2) is 4.20 Å². The lowest BCUT2D eigenvalue weighted by molar-refractivity contribution is 0.838. The highest BCUT2D eigenvalue weighted by Gasteiger charge is 1.93. The predicted molar refractivity (Wildman–Crippen MR) is 33.7 cm³/mol. The molecule has 0 heterocycles. The second-order valence-electron chi connectivity index (χ2n) is 1.68. The summed E-state index contributed by atoms with van der Waals surface area (Å²) in [6.45, 7) is 3.75. The van der Waals surface area contributed by atoms with Crippen molar-refractivity contribution in [2.45, 2.75) is 19.8 Å². The van der Waals surface area contributed by atoms with E-state index >= 15 is 0 Å². The summed E-state index contributed by atoms with van der Waals surface area (Å²) in [4.78, 5) is 0. The van der Waals surface area contributed by atoms with Crippen LogP contribution in [-0.2, 0) is 0 Å². The van der Waals surface area contributed by atoms with Gasteiger partial charge in [0.15, 0.2) is 0 Å². The molecule has 0 aromatic carbocycles. The van der Waals surface area contributed by atoms with Crippen molar-refractivity contribution in [2.24, 2.45) is 0 Å². The Labute approximate surface area is 46.0 Å². The zero-order chi connectivity index (χ0) is 5.70. The molecule has 0 N–H and O–H groups in total. The molecule has 0 aliphatic heterocycles. The van der Waals surface area contributed by atoms with E-state index < -0.39 is 8.23 Å². The van der Waals surface area contributed by atoms with Crippen LogP contribution < -0.4 is 0 Å². The maximum atomic E-state index is 12.0. The Morgan fingerprint density at radius 1 is 1.57 bits per heavy atom. The van der Waals surface area contributed by atoms with Crippen LogP contribution in [0.15, 0.2) is 0 Å². The molecule has 2 heteroatoms. The molecule has 44 valence electrons. The van der Waals surface area contributed by atoms with Gasteiger partial charge in [-0.2, -0.15) is 0 Å². The molecule has 0 rings (SSSR count). The molecule has 0 bridgehead atoms. The Morgan fingerprint density at radius 3 is 2.29 bits per heavy atom. The minimum atomic E-state index is -1.11. The van der Waals surface area contributed by atoms with Gasteiger partial charge in [-0.15, -0.1) is 0 Å². The molecular formula is C5H12FP. The van der Waals surface area contributed by atoms with Gasteiger partial charge in [-0.3, -0.25) is 0 Å². The number of unbranched alkanes of at least 4 members (excludes halogenated alkanes) is 1. The standard InChI is InChI=1S/C5H12FP/c1-3-4-5-7(2)6/h3-5H2,1-2H3. The van der Waals surface area contributed by atoms with Crippen molar-refractivity contribution < 1.29 is 4.20 Å².